The van der Waals surface area contributed by atoms with Crippen molar-refractivity contribution in [2.45, 2.75) is 12.2 Å². The van der Waals surface area contributed by atoms with Gasteiger partial charge in [0.25, 0.3) is 0 Å². The Morgan fingerprint density at radius 2 is 1.41 bits per heavy atom. The molecule has 1 aromatic heterocycles. The van der Waals surface area contributed by atoms with Crippen molar-refractivity contribution in [2.24, 2.45) is 0 Å². The molecule has 0 aliphatic carbocycles. The molecule has 154 valence electrons. The summed E-state index contributed by atoms with van der Waals surface area (Å²) in [5.41, 5.74) is 3.57. The lowest BCUT2D eigenvalue weighted by atomic mass is 9.96. The average Bonchev–Trinajstić information content (AvgIpc) is 3.23. The average molecular weight is 439 g/mol. The molecular formula is C22H22ClF3N2S. The fourth-order valence-electron chi connectivity index (χ4n) is 3.69. The number of hydrogen-bond acceptors (Lipinski definition) is 3. The second-order valence-corrected chi connectivity index (χ2v) is 7.72. The molecule has 0 amide bonds. The molecule has 1 fully saturated rings. The van der Waals surface area contributed by atoms with Crippen LogP contribution in [0.15, 0.2) is 65.4 Å². The normalized spacial score (nSPS) is 16.2. The number of nitrogens with zero attached hydrogens (tertiary/aromatic N) is 1. The first-order valence-corrected chi connectivity index (χ1v) is 10.2. The summed E-state index contributed by atoms with van der Waals surface area (Å²) < 4.78 is 38.3. The van der Waals surface area contributed by atoms with E-state index < -0.39 is 11.7 Å². The largest absolute Gasteiger partial charge is 0.416 e. The lowest BCUT2D eigenvalue weighted by Crippen LogP contribution is -2.45. The molecule has 2 nitrogen and oxygen atoms in total. The minimum atomic E-state index is -4.31. The fraction of sp³-hybridized carbons (Fsp3) is 0.273. The molecule has 29 heavy (non-hydrogen) atoms. The minimum Gasteiger partial charge on any atom is -0.314 e. The first kappa shape index (κ1) is 21.8. The van der Waals surface area contributed by atoms with Crippen LogP contribution in [0.5, 0.6) is 0 Å². The van der Waals surface area contributed by atoms with Crippen molar-refractivity contribution in [1.29, 1.82) is 0 Å². The van der Waals surface area contributed by atoms with Gasteiger partial charge < -0.3 is 5.32 Å². The lowest BCUT2D eigenvalue weighted by molar-refractivity contribution is -0.137. The van der Waals surface area contributed by atoms with Crippen molar-refractivity contribution in [3.05, 3.63) is 82.0 Å². The Kier molecular flexibility index (Phi) is 7.01. The molecule has 1 atom stereocenters. The second kappa shape index (κ2) is 9.30. The van der Waals surface area contributed by atoms with E-state index in [1.54, 1.807) is 11.3 Å². The van der Waals surface area contributed by atoms with E-state index in [1.165, 1.54) is 23.3 Å². The van der Waals surface area contributed by atoms with Crippen molar-refractivity contribution in [3.8, 4) is 11.1 Å². The van der Waals surface area contributed by atoms with Gasteiger partial charge in [-0.25, -0.2) is 0 Å². The molecule has 4 rings (SSSR count). The highest BCUT2D eigenvalue weighted by Gasteiger charge is 2.30. The van der Waals surface area contributed by atoms with Gasteiger partial charge in [0, 0.05) is 26.2 Å². The van der Waals surface area contributed by atoms with Gasteiger partial charge in [-0.15, -0.1) is 12.4 Å². The van der Waals surface area contributed by atoms with Crippen LogP contribution >= 0.6 is 23.7 Å². The number of nitrogens with one attached hydrogen (secondary N) is 1. The molecule has 0 unspecified atom stereocenters. The molecule has 2 heterocycles. The van der Waals surface area contributed by atoms with Gasteiger partial charge in [0.15, 0.2) is 0 Å². The Labute approximate surface area is 178 Å². The summed E-state index contributed by atoms with van der Waals surface area (Å²) in [6.45, 7) is 3.93. The van der Waals surface area contributed by atoms with Crippen molar-refractivity contribution in [3.63, 3.8) is 0 Å². The summed E-state index contributed by atoms with van der Waals surface area (Å²) in [5, 5.41) is 7.68. The molecule has 7 heteroatoms. The summed E-state index contributed by atoms with van der Waals surface area (Å²) in [7, 11) is 0. The number of alkyl halides is 3. The van der Waals surface area contributed by atoms with Gasteiger partial charge in [0.1, 0.15) is 0 Å². The van der Waals surface area contributed by atoms with Gasteiger partial charge in [0.05, 0.1) is 11.6 Å². The van der Waals surface area contributed by atoms with Crippen LogP contribution in [0.4, 0.5) is 13.2 Å². The Balaban J connectivity index is 0.00000240. The highest BCUT2D eigenvalue weighted by atomic mass is 35.5. The van der Waals surface area contributed by atoms with E-state index in [9.17, 15) is 13.2 Å². The first-order valence-electron chi connectivity index (χ1n) is 9.27. The summed E-state index contributed by atoms with van der Waals surface area (Å²) in [6, 6.07) is 15.9. The van der Waals surface area contributed by atoms with Gasteiger partial charge in [-0.2, -0.15) is 24.5 Å². The van der Waals surface area contributed by atoms with E-state index in [0.717, 1.165) is 49.4 Å². The van der Waals surface area contributed by atoms with Gasteiger partial charge in [-0.05, 0) is 51.2 Å². The van der Waals surface area contributed by atoms with E-state index in [0.29, 0.717) is 0 Å². The number of benzene rings is 2. The Bertz CT molecular complexity index is 887. The molecule has 1 saturated heterocycles. The van der Waals surface area contributed by atoms with E-state index in [2.05, 4.69) is 39.2 Å². The summed E-state index contributed by atoms with van der Waals surface area (Å²) in [5.74, 6) is 0. The highest BCUT2D eigenvalue weighted by Crippen LogP contribution is 2.33. The fourth-order valence-corrected chi connectivity index (χ4v) is 4.37. The van der Waals surface area contributed by atoms with Crippen LogP contribution in [0.2, 0.25) is 0 Å². The highest BCUT2D eigenvalue weighted by molar-refractivity contribution is 7.08. The molecule has 3 aromatic rings. The molecule has 0 bridgehead atoms. The third kappa shape index (κ3) is 5.01. The minimum absolute atomic E-state index is 0. The third-order valence-corrected chi connectivity index (χ3v) is 5.85. The molecular weight excluding hydrogens is 417 g/mol. The zero-order valence-electron chi connectivity index (χ0n) is 15.7. The van der Waals surface area contributed by atoms with E-state index in [1.807, 2.05) is 12.1 Å². The summed E-state index contributed by atoms with van der Waals surface area (Å²) >= 11 is 1.70. The molecule has 1 N–H and O–H groups in total. The predicted molar refractivity (Wildman–Crippen MR) is 115 cm³/mol. The van der Waals surface area contributed by atoms with Gasteiger partial charge in [-0.3, -0.25) is 4.90 Å². The van der Waals surface area contributed by atoms with Crippen LogP contribution < -0.4 is 5.32 Å². The van der Waals surface area contributed by atoms with Crippen LogP contribution in [-0.2, 0) is 6.18 Å². The Morgan fingerprint density at radius 1 is 0.828 bits per heavy atom. The van der Waals surface area contributed by atoms with Gasteiger partial charge in [0.2, 0.25) is 0 Å². The Morgan fingerprint density at radius 3 is 1.93 bits per heavy atom. The second-order valence-electron chi connectivity index (χ2n) is 6.94. The van der Waals surface area contributed by atoms with Crippen LogP contribution in [0, 0.1) is 0 Å². The standard InChI is InChI=1S/C22H21F3N2S.ClH/c23-22(24,25)20-7-5-17(6-8-20)16-1-3-18(4-2-16)21(19-9-14-28-15-19)27-12-10-26-11-13-27;/h1-9,14-15,21,26H,10-13H2;1H/t21-;/m0./s1. The lowest BCUT2D eigenvalue weighted by Gasteiger charge is -2.35. The maximum absolute atomic E-state index is 12.8. The maximum Gasteiger partial charge on any atom is 0.416 e. The first-order chi connectivity index (χ1) is 13.5. The topological polar surface area (TPSA) is 15.3 Å². The molecule has 1 aliphatic rings. The van der Waals surface area contributed by atoms with Crippen molar-refractivity contribution < 1.29 is 13.2 Å². The SMILES string of the molecule is Cl.FC(F)(F)c1ccc(-c2ccc([C@@H](c3ccsc3)N3CCNCC3)cc2)cc1. The van der Waals surface area contributed by atoms with Crippen LogP contribution in [0.3, 0.4) is 0 Å². The van der Waals surface area contributed by atoms with Gasteiger partial charge >= 0.3 is 6.18 Å². The molecule has 0 spiro atoms. The van der Waals surface area contributed by atoms with Crippen LogP contribution in [0.1, 0.15) is 22.7 Å². The molecule has 0 radical (unpaired) electrons. The third-order valence-electron chi connectivity index (χ3n) is 5.15. The number of thiophene rings is 1. The molecule has 1 aliphatic heterocycles. The smallest absolute Gasteiger partial charge is 0.314 e. The number of rotatable bonds is 4. The van der Waals surface area contributed by atoms with Gasteiger partial charge in [-0.1, -0.05) is 36.4 Å². The monoisotopic (exact) mass is 438 g/mol. The van der Waals surface area contributed by atoms with Crippen molar-refractivity contribution in [1.82, 2.24) is 10.2 Å². The summed E-state index contributed by atoms with van der Waals surface area (Å²) in [6.07, 6.45) is -4.31. The zero-order valence-corrected chi connectivity index (χ0v) is 17.3. The molecule has 0 saturated carbocycles. The van der Waals surface area contributed by atoms with E-state index in [-0.39, 0.29) is 18.4 Å². The number of hydrogen-bond donors (Lipinski definition) is 1. The van der Waals surface area contributed by atoms with Crippen LogP contribution in [0.25, 0.3) is 11.1 Å². The zero-order chi connectivity index (χ0) is 19.6. The van der Waals surface area contributed by atoms with Crippen molar-refractivity contribution >= 4 is 23.7 Å². The Hall–Kier alpha value is -1.86. The summed E-state index contributed by atoms with van der Waals surface area (Å²) in [4.78, 5) is 2.48. The molecule has 2 aromatic carbocycles. The maximum atomic E-state index is 12.8. The number of piperazine rings is 1. The quantitative estimate of drug-likeness (QED) is 0.549. The van der Waals surface area contributed by atoms with E-state index >= 15 is 0 Å². The van der Waals surface area contributed by atoms with E-state index in [4.69, 9.17) is 0 Å². The van der Waals surface area contributed by atoms with Crippen LogP contribution in [-0.4, -0.2) is 31.1 Å². The predicted octanol–water partition coefficient (Wildman–Crippen LogP) is 5.85. The van der Waals surface area contributed by atoms with Crippen molar-refractivity contribution in [2.75, 3.05) is 26.2 Å². The number of halogens is 4.